The van der Waals surface area contributed by atoms with Gasteiger partial charge in [0, 0.05) is 19.2 Å². The summed E-state index contributed by atoms with van der Waals surface area (Å²) in [6.45, 7) is 0.0160. The molecule has 0 aliphatic rings. The molecule has 0 spiro atoms. The molecule has 0 atom stereocenters. The first-order chi connectivity index (χ1) is 7.58. The van der Waals surface area contributed by atoms with Crippen LogP contribution in [0.2, 0.25) is 0 Å². The van der Waals surface area contributed by atoms with E-state index < -0.39 is 12.8 Å². The SMILES string of the molecule is FC(F)(F)COCCCNCc1ccon1. The van der Waals surface area contributed by atoms with Crippen molar-refractivity contribution in [3.63, 3.8) is 0 Å². The summed E-state index contributed by atoms with van der Waals surface area (Å²) in [7, 11) is 0. The maximum atomic E-state index is 11.7. The fourth-order valence-corrected chi connectivity index (χ4v) is 1.03. The standard InChI is InChI=1S/C9H13F3N2O2/c10-9(11,12)7-15-4-1-3-13-6-8-2-5-16-14-8/h2,5,13H,1,3-4,6-7H2. The molecular weight excluding hydrogens is 225 g/mol. The number of hydrogen-bond donors (Lipinski definition) is 1. The number of hydrogen-bond acceptors (Lipinski definition) is 4. The summed E-state index contributed by atoms with van der Waals surface area (Å²) < 4.78 is 44.0. The quantitative estimate of drug-likeness (QED) is 0.735. The van der Waals surface area contributed by atoms with Crippen LogP contribution in [0.15, 0.2) is 16.9 Å². The van der Waals surface area contributed by atoms with Crippen molar-refractivity contribution in [1.82, 2.24) is 10.5 Å². The molecule has 1 N–H and O–H groups in total. The Labute approximate surface area is 90.7 Å². The Morgan fingerprint density at radius 3 is 2.88 bits per heavy atom. The Balaban J connectivity index is 1.89. The highest BCUT2D eigenvalue weighted by Gasteiger charge is 2.27. The van der Waals surface area contributed by atoms with E-state index in [2.05, 4.69) is 19.7 Å². The second-order valence-corrected chi connectivity index (χ2v) is 3.19. The molecule has 0 amide bonds. The summed E-state index contributed by atoms with van der Waals surface area (Å²) >= 11 is 0. The number of aromatic nitrogens is 1. The van der Waals surface area contributed by atoms with Gasteiger partial charge >= 0.3 is 6.18 Å². The van der Waals surface area contributed by atoms with Crippen molar-refractivity contribution in [2.24, 2.45) is 0 Å². The van der Waals surface area contributed by atoms with Crippen molar-refractivity contribution in [2.75, 3.05) is 19.8 Å². The van der Waals surface area contributed by atoms with Crippen molar-refractivity contribution in [3.8, 4) is 0 Å². The lowest BCUT2D eigenvalue weighted by atomic mass is 10.4. The van der Waals surface area contributed by atoms with E-state index in [-0.39, 0.29) is 6.61 Å². The molecule has 4 nitrogen and oxygen atoms in total. The topological polar surface area (TPSA) is 47.3 Å². The molecule has 1 aromatic heterocycles. The number of nitrogens with zero attached hydrogens (tertiary/aromatic N) is 1. The van der Waals surface area contributed by atoms with E-state index in [1.807, 2.05) is 0 Å². The van der Waals surface area contributed by atoms with Gasteiger partial charge in [-0.3, -0.25) is 0 Å². The van der Waals surface area contributed by atoms with Gasteiger partial charge in [0.05, 0.1) is 5.69 Å². The maximum absolute atomic E-state index is 11.7. The number of rotatable bonds is 7. The zero-order valence-electron chi connectivity index (χ0n) is 8.59. The van der Waals surface area contributed by atoms with Gasteiger partial charge in [0.15, 0.2) is 0 Å². The second kappa shape index (κ2) is 6.49. The summed E-state index contributed by atoms with van der Waals surface area (Å²) in [6.07, 6.45) is -2.26. The molecular formula is C9H13F3N2O2. The van der Waals surface area contributed by atoms with Crippen LogP contribution < -0.4 is 5.32 Å². The van der Waals surface area contributed by atoms with E-state index in [9.17, 15) is 13.2 Å². The molecule has 92 valence electrons. The third-order valence-corrected chi connectivity index (χ3v) is 1.71. The fraction of sp³-hybridized carbons (Fsp3) is 0.667. The molecule has 0 unspecified atom stereocenters. The van der Waals surface area contributed by atoms with Gasteiger partial charge in [0.2, 0.25) is 0 Å². The number of ether oxygens (including phenoxy) is 1. The van der Waals surface area contributed by atoms with E-state index in [1.54, 1.807) is 6.07 Å². The molecule has 0 saturated carbocycles. The zero-order chi connectivity index (χ0) is 11.9. The average Bonchev–Trinajstić information content (AvgIpc) is 2.67. The summed E-state index contributed by atoms with van der Waals surface area (Å²) in [6, 6.07) is 1.72. The highest BCUT2D eigenvalue weighted by molar-refractivity contribution is 4.93. The summed E-state index contributed by atoms with van der Waals surface area (Å²) in [5, 5.41) is 6.67. The largest absolute Gasteiger partial charge is 0.411 e. The van der Waals surface area contributed by atoms with E-state index >= 15 is 0 Å². The van der Waals surface area contributed by atoms with Crippen LogP contribution in [0.3, 0.4) is 0 Å². The minimum atomic E-state index is -4.24. The van der Waals surface area contributed by atoms with Crippen molar-refractivity contribution >= 4 is 0 Å². The predicted molar refractivity (Wildman–Crippen MR) is 49.7 cm³/mol. The predicted octanol–water partition coefficient (Wildman–Crippen LogP) is 1.73. The molecule has 1 aromatic rings. The maximum Gasteiger partial charge on any atom is 0.411 e. The molecule has 0 aliphatic heterocycles. The number of nitrogens with one attached hydrogen (secondary N) is 1. The van der Waals surface area contributed by atoms with E-state index in [0.29, 0.717) is 19.5 Å². The highest BCUT2D eigenvalue weighted by atomic mass is 19.4. The summed E-state index contributed by atoms with van der Waals surface area (Å²) in [5.41, 5.74) is 0.760. The zero-order valence-corrected chi connectivity index (χ0v) is 8.59. The van der Waals surface area contributed by atoms with E-state index in [1.165, 1.54) is 6.26 Å². The van der Waals surface area contributed by atoms with Crippen molar-refractivity contribution in [1.29, 1.82) is 0 Å². The monoisotopic (exact) mass is 238 g/mol. The minimum absolute atomic E-state index is 0.0886. The lowest BCUT2D eigenvalue weighted by Crippen LogP contribution is -2.20. The minimum Gasteiger partial charge on any atom is -0.372 e. The van der Waals surface area contributed by atoms with Crippen LogP contribution in [0, 0.1) is 0 Å². The Kier molecular flexibility index (Phi) is 5.27. The molecule has 0 saturated heterocycles. The third-order valence-electron chi connectivity index (χ3n) is 1.71. The third kappa shape index (κ3) is 6.41. The molecule has 0 aromatic carbocycles. The fourth-order valence-electron chi connectivity index (χ4n) is 1.03. The van der Waals surface area contributed by atoms with Crippen LogP contribution in [0.25, 0.3) is 0 Å². The smallest absolute Gasteiger partial charge is 0.372 e. The van der Waals surface area contributed by atoms with Crippen molar-refractivity contribution in [2.45, 2.75) is 19.1 Å². The Morgan fingerprint density at radius 2 is 2.25 bits per heavy atom. The van der Waals surface area contributed by atoms with Crippen LogP contribution in [-0.2, 0) is 11.3 Å². The number of alkyl halides is 3. The van der Waals surface area contributed by atoms with Crippen LogP contribution in [0.5, 0.6) is 0 Å². The van der Waals surface area contributed by atoms with Gasteiger partial charge in [-0.2, -0.15) is 13.2 Å². The van der Waals surface area contributed by atoms with Gasteiger partial charge in [-0.1, -0.05) is 5.16 Å². The van der Waals surface area contributed by atoms with Gasteiger partial charge < -0.3 is 14.6 Å². The van der Waals surface area contributed by atoms with Crippen molar-refractivity contribution in [3.05, 3.63) is 18.0 Å². The van der Waals surface area contributed by atoms with Crippen molar-refractivity contribution < 1.29 is 22.4 Å². The Morgan fingerprint density at radius 1 is 1.44 bits per heavy atom. The van der Waals surface area contributed by atoms with Crippen LogP contribution >= 0.6 is 0 Å². The Bertz CT molecular complexity index is 275. The number of halogens is 3. The van der Waals surface area contributed by atoms with Gasteiger partial charge in [-0.25, -0.2) is 0 Å². The van der Waals surface area contributed by atoms with Gasteiger partial charge in [0.1, 0.15) is 12.9 Å². The average molecular weight is 238 g/mol. The molecule has 0 aliphatic carbocycles. The Hall–Kier alpha value is -1.08. The molecule has 16 heavy (non-hydrogen) atoms. The van der Waals surface area contributed by atoms with Gasteiger partial charge in [0.25, 0.3) is 0 Å². The first kappa shape index (κ1) is 13.0. The lowest BCUT2D eigenvalue weighted by Gasteiger charge is -2.07. The van der Waals surface area contributed by atoms with Crippen LogP contribution in [0.4, 0.5) is 13.2 Å². The normalized spacial score (nSPS) is 11.9. The van der Waals surface area contributed by atoms with E-state index in [4.69, 9.17) is 0 Å². The van der Waals surface area contributed by atoms with Gasteiger partial charge in [-0.15, -0.1) is 0 Å². The van der Waals surface area contributed by atoms with Crippen LogP contribution in [-0.4, -0.2) is 31.1 Å². The van der Waals surface area contributed by atoms with E-state index in [0.717, 1.165) is 5.69 Å². The first-order valence-corrected chi connectivity index (χ1v) is 4.82. The molecule has 0 bridgehead atoms. The second-order valence-electron chi connectivity index (χ2n) is 3.19. The first-order valence-electron chi connectivity index (χ1n) is 4.82. The summed E-state index contributed by atoms with van der Waals surface area (Å²) in [5.74, 6) is 0. The highest BCUT2D eigenvalue weighted by Crippen LogP contribution is 2.14. The molecule has 0 radical (unpaired) electrons. The van der Waals surface area contributed by atoms with Gasteiger partial charge in [-0.05, 0) is 13.0 Å². The molecule has 7 heteroatoms. The van der Waals surface area contributed by atoms with Crippen LogP contribution in [0.1, 0.15) is 12.1 Å². The lowest BCUT2D eigenvalue weighted by molar-refractivity contribution is -0.173. The molecule has 0 fully saturated rings. The summed E-state index contributed by atoms with van der Waals surface area (Å²) in [4.78, 5) is 0. The molecule has 1 heterocycles. The molecule has 1 rings (SSSR count).